The average Bonchev–Trinajstić information content (AvgIpc) is 2.16. The number of halogens is 2. The summed E-state index contributed by atoms with van der Waals surface area (Å²) in [5, 5.41) is 8.86. The molecule has 0 unspecified atom stereocenters. The Morgan fingerprint density at radius 3 is 2.64 bits per heavy atom. The highest BCUT2D eigenvalue weighted by Gasteiger charge is 2.16. The van der Waals surface area contributed by atoms with Crippen LogP contribution in [0.4, 0.5) is 8.78 Å². The van der Waals surface area contributed by atoms with E-state index in [1.807, 2.05) is 0 Å². The lowest BCUT2D eigenvalue weighted by molar-refractivity contribution is 0.146. The molecule has 1 heterocycles. The lowest BCUT2D eigenvalue weighted by Gasteiger charge is -2.10. The van der Waals surface area contributed by atoms with Crippen molar-refractivity contribution in [3.63, 3.8) is 0 Å². The Hall–Kier alpha value is -1.27. The Bertz CT molecular complexity index is 376. The highest BCUT2D eigenvalue weighted by atomic mass is 19.3. The molecule has 0 atom stereocenters. The molecule has 4 N–H and O–H groups in total. The van der Waals surface area contributed by atoms with Gasteiger partial charge in [-0.2, -0.15) is 0 Å². The molecule has 0 fully saturated rings. The molecule has 1 aromatic rings. The summed E-state index contributed by atoms with van der Waals surface area (Å²) in [5.74, 6) is 0. The highest BCUT2D eigenvalue weighted by molar-refractivity contribution is 5.30. The van der Waals surface area contributed by atoms with Gasteiger partial charge in [0.05, 0.1) is 6.61 Å². The monoisotopic (exact) mass is 204 g/mol. The van der Waals surface area contributed by atoms with Gasteiger partial charge in [-0.05, 0) is 0 Å². The smallest absolute Gasteiger partial charge is 0.264 e. The van der Waals surface area contributed by atoms with Crippen LogP contribution in [0, 0.1) is 0 Å². The molecular formula is C8H10F2N2O2. The van der Waals surface area contributed by atoms with Crippen LogP contribution in [0.5, 0.6) is 0 Å². The molecule has 6 heteroatoms. The molecule has 0 aliphatic carbocycles. The van der Waals surface area contributed by atoms with Crippen molar-refractivity contribution in [2.75, 3.05) is 0 Å². The predicted octanol–water partition coefficient (Wildman–Crippen LogP) is 0.264. The Morgan fingerprint density at radius 2 is 2.21 bits per heavy atom. The van der Waals surface area contributed by atoms with Gasteiger partial charge < -0.3 is 15.8 Å². The molecule has 78 valence electrons. The second kappa shape index (κ2) is 4.30. The van der Waals surface area contributed by atoms with Crippen LogP contribution in [-0.4, -0.2) is 10.1 Å². The minimum absolute atomic E-state index is 0.00194. The summed E-state index contributed by atoms with van der Waals surface area (Å²) in [4.78, 5) is 13.2. The van der Waals surface area contributed by atoms with Gasteiger partial charge in [0.15, 0.2) is 0 Å². The SMILES string of the molecule is NCc1[nH]c(=O)cc(C(F)F)c1CO. The first kappa shape index (κ1) is 10.8. The molecule has 0 aliphatic heterocycles. The minimum atomic E-state index is -2.79. The molecular weight excluding hydrogens is 194 g/mol. The number of aliphatic hydroxyl groups excluding tert-OH is 1. The highest BCUT2D eigenvalue weighted by Crippen LogP contribution is 2.22. The molecule has 1 aromatic heterocycles. The zero-order valence-electron chi connectivity index (χ0n) is 7.26. The zero-order chi connectivity index (χ0) is 10.7. The van der Waals surface area contributed by atoms with Crippen LogP contribution < -0.4 is 11.3 Å². The largest absolute Gasteiger partial charge is 0.392 e. The van der Waals surface area contributed by atoms with Crippen LogP contribution in [0.15, 0.2) is 10.9 Å². The maximum Gasteiger partial charge on any atom is 0.264 e. The van der Waals surface area contributed by atoms with Crippen LogP contribution in [-0.2, 0) is 13.2 Å². The molecule has 14 heavy (non-hydrogen) atoms. The summed E-state index contributed by atoms with van der Waals surface area (Å²) in [6, 6.07) is 0.773. The van der Waals surface area contributed by atoms with Gasteiger partial charge in [0.25, 0.3) is 6.43 Å². The second-order valence-corrected chi connectivity index (χ2v) is 2.71. The number of alkyl halides is 2. The Labute approximate surface area is 78.4 Å². The summed E-state index contributed by atoms with van der Waals surface area (Å²) in [7, 11) is 0. The molecule has 0 spiro atoms. The summed E-state index contributed by atoms with van der Waals surface area (Å²) in [6.07, 6.45) is -2.79. The van der Waals surface area contributed by atoms with E-state index in [1.165, 1.54) is 0 Å². The van der Waals surface area contributed by atoms with Crippen molar-refractivity contribution in [3.05, 3.63) is 33.2 Å². The number of aromatic amines is 1. The molecule has 0 radical (unpaired) electrons. The van der Waals surface area contributed by atoms with Crippen LogP contribution in [0.3, 0.4) is 0 Å². The Balaban J connectivity index is 3.39. The fourth-order valence-corrected chi connectivity index (χ4v) is 1.22. The van der Waals surface area contributed by atoms with E-state index in [4.69, 9.17) is 10.8 Å². The number of aromatic nitrogens is 1. The van der Waals surface area contributed by atoms with Gasteiger partial charge in [0.1, 0.15) is 0 Å². The summed E-state index contributed by atoms with van der Waals surface area (Å²) in [5.41, 5.74) is 4.29. The third-order valence-electron chi connectivity index (χ3n) is 1.87. The number of hydrogen-bond donors (Lipinski definition) is 3. The van der Waals surface area contributed by atoms with Crippen LogP contribution in [0.2, 0.25) is 0 Å². The van der Waals surface area contributed by atoms with Gasteiger partial charge in [-0.3, -0.25) is 4.79 Å². The van der Waals surface area contributed by atoms with Crippen LogP contribution >= 0.6 is 0 Å². The second-order valence-electron chi connectivity index (χ2n) is 2.71. The zero-order valence-corrected chi connectivity index (χ0v) is 7.26. The van der Waals surface area contributed by atoms with Crippen molar-refractivity contribution in [1.82, 2.24) is 4.98 Å². The van der Waals surface area contributed by atoms with Gasteiger partial charge in [0.2, 0.25) is 5.56 Å². The lowest BCUT2D eigenvalue weighted by atomic mass is 10.1. The van der Waals surface area contributed by atoms with Crippen LogP contribution in [0.1, 0.15) is 23.2 Å². The summed E-state index contributed by atoms with van der Waals surface area (Å²) in [6.45, 7) is -0.658. The van der Waals surface area contributed by atoms with Crippen molar-refractivity contribution in [3.8, 4) is 0 Å². The maximum atomic E-state index is 12.4. The molecule has 0 aliphatic rings. The van der Waals surface area contributed by atoms with Crippen molar-refractivity contribution < 1.29 is 13.9 Å². The van der Waals surface area contributed by atoms with Gasteiger partial charge in [-0.1, -0.05) is 0 Å². The topological polar surface area (TPSA) is 79.1 Å². The lowest BCUT2D eigenvalue weighted by Crippen LogP contribution is -2.17. The molecule has 0 saturated carbocycles. The maximum absolute atomic E-state index is 12.4. The van der Waals surface area contributed by atoms with E-state index in [1.54, 1.807) is 0 Å². The predicted molar refractivity (Wildman–Crippen MR) is 45.8 cm³/mol. The van der Waals surface area contributed by atoms with E-state index in [0.29, 0.717) is 0 Å². The van der Waals surface area contributed by atoms with E-state index in [0.717, 1.165) is 6.07 Å². The minimum Gasteiger partial charge on any atom is -0.392 e. The van der Waals surface area contributed by atoms with Crippen molar-refractivity contribution in [2.45, 2.75) is 19.6 Å². The third kappa shape index (κ3) is 1.97. The normalized spacial score (nSPS) is 10.9. The average molecular weight is 204 g/mol. The standard InChI is InChI=1S/C8H10F2N2O2/c9-8(10)4-1-7(14)12-6(2-11)5(4)3-13/h1,8,13H,2-3,11H2,(H,12,14). The quantitative estimate of drug-likeness (QED) is 0.660. The van der Waals surface area contributed by atoms with Crippen molar-refractivity contribution in [2.24, 2.45) is 5.73 Å². The third-order valence-corrected chi connectivity index (χ3v) is 1.87. The van der Waals surface area contributed by atoms with Crippen LogP contribution in [0.25, 0.3) is 0 Å². The first-order valence-electron chi connectivity index (χ1n) is 3.94. The number of hydrogen-bond acceptors (Lipinski definition) is 3. The first-order valence-corrected chi connectivity index (χ1v) is 3.94. The summed E-state index contributed by atoms with van der Waals surface area (Å²) < 4.78 is 24.8. The number of rotatable bonds is 3. The number of nitrogens with one attached hydrogen (secondary N) is 1. The fourth-order valence-electron chi connectivity index (χ4n) is 1.22. The number of aliphatic hydroxyl groups is 1. The van der Waals surface area contributed by atoms with Crippen molar-refractivity contribution >= 4 is 0 Å². The Kier molecular flexibility index (Phi) is 3.32. The van der Waals surface area contributed by atoms with E-state index < -0.39 is 24.2 Å². The van der Waals surface area contributed by atoms with E-state index in [9.17, 15) is 13.6 Å². The van der Waals surface area contributed by atoms with Gasteiger partial charge in [-0.15, -0.1) is 0 Å². The first-order chi connectivity index (χ1) is 6.60. The van der Waals surface area contributed by atoms with Gasteiger partial charge in [0, 0.05) is 29.4 Å². The summed E-state index contributed by atoms with van der Waals surface area (Å²) >= 11 is 0. The van der Waals surface area contributed by atoms with Gasteiger partial charge in [-0.25, -0.2) is 8.78 Å². The molecule has 0 aromatic carbocycles. The Morgan fingerprint density at radius 1 is 1.57 bits per heavy atom. The molecule has 0 bridgehead atoms. The fraction of sp³-hybridized carbons (Fsp3) is 0.375. The number of nitrogens with two attached hydrogens (primary N) is 1. The number of pyridine rings is 1. The molecule has 0 amide bonds. The molecule has 1 rings (SSSR count). The van der Waals surface area contributed by atoms with Crippen molar-refractivity contribution in [1.29, 1.82) is 0 Å². The number of H-pyrrole nitrogens is 1. The van der Waals surface area contributed by atoms with E-state index in [2.05, 4.69) is 4.98 Å². The molecule has 4 nitrogen and oxygen atoms in total. The molecule has 0 saturated heterocycles. The van der Waals surface area contributed by atoms with E-state index >= 15 is 0 Å². The van der Waals surface area contributed by atoms with Gasteiger partial charge >= 0.3 is 0 Å². The van der Waals surface area contributed by atoms with E-state index in [-0.39, 0.29) is 17.8 Å².